The van der Waals surface area contributed by atoms with E-state index in [1.54, 1.807) is 0 Å². The van der Waals surface area contributed by atoms with Gasteiger partial charge in [-0.05, 0) is 0 Å². The molecule has 0 aliphatic rings. The summed E-state index contributed by atoms with van der Waals surface area (Å²) in [5, 5.41) is 44.7. The van der Waals surface area contributed by atoms with Crippen LogP contribution in [-0.4, -0.2) is 82.1 Å². The van der Waals surface area contributed by atoms with Gasteiger partial charge >= 0.3 is 0 Å². The molecule has 6 nitrogen and oxygen atoms in total. The number of aliphatic hydroxyl groups is 5. The van der Waals surface area contributed by atoms with Gasteiger partial charge < -0.3 is 25.5 Å². The Bertz CT molecular complexity index is 128. The summed E-state index contributed by atoms with van der Waals surface area (Å²) in [6.45, 7) is -1.26. The second-order valence-corrected chi connectivity index (χ2v) is 3.13. The van der Waals surface area contributed by atoms with E-state index in [9.17, 15) is 0 Å². The van der Waals surface area contributed by atoms with E-state index in [1.807, 2.05) is 0 Å². The summed E-state index contributed by atoms with van der Waals surface area (Å²) >= 11 is 0. The molecule has 5 N–H and O–H groups in total. The van der Waals surface area contributed by atoms with Crippen molar-refractivity contribution in [2.75, 3.05) is 46.1 Å². The van der Waals surface area contributed by atoms with Crippen LogP contribution in [0.5, 0.6) is 0 Å². The van der Waals surface area contributed by atoms with Crippen molar-refractivity contribution >= 4 is 0 Å². The first kappa shape index (κ1) is 25.6. The van der Waals surface area contributed by atoms with E-state index >= 15 is 0 Å². The van der Waals surface area contributed by atoms with Gasteiger partial charge in [0.05, 0.1) is 38.6 Å². The summed E-state index contributed by atoms with van der Waals surface area (Å²) in [6, 6.07) is 0. The molecule has 17 heavy (non-hydrogen) atoms. The number of nitrogens with zero attached hydrogens (tertiary/aromatic N) is 1. The summed E-state index contributed by atoms with van der Waals surface area (Å²) in [6.07, 6.45) is 0. The van der Waals surface area contributed by atoms with Crippen LogP contribution in [0.1, 0.15) is 22.3 Å². The Labute approximate surface area is 105 Å². The Morgan fingerprint density at radius 3 is 1.12 bits per heavy atom. The molecule has 0 radical (unpaired) electrons. The summed E-state index contributed by atoms with van der Waals surface area (Å²) in [4.78, 5) is 1.47. The van der Waals surface area contributed by atoms with Crippen molar-refractivity contribution in [2.45, 2.75) is 27.8 Å². The van der Waals surface area contributed by atoms with Crippen molar-refractivity contribution in [3.63, 3.8) is 0 Å². The third-order valence-electron chi connectivity index (χ3n) is 2.29. The molecule has 0 atom stereocenters. The topological polar surface area (TPSA) is 104 Å². The number of hydrogen-bond acceptors (Lipinski definition) is 6. The minimum absolute atomic E-state index is 0. The summed E-state index contributed by atoms with van der Waals surface area (Å²) < 4.78 is 0. The molecular formula is C11H31NO5. The average molecular weight is 257 g/mol. The van der Waals surface area contributed by atoms with Crippen molar-refractivity contribution in [2.24, 2.45) is 0 Å². The van der Waals surface area contributed by atoms with Gasteiger partial charge in [-0.3, -0.25) is 4.90 Å². The fourth-order valence-corrected chi connectivity index (χ4v) is 1.28. The highest BCUT2D eigenvalue weighted by Gasteiger charge is 2.34. The minimum Gasteiger partial charge on any atom is -0.395 e. The van der Waals surface area contributed by atoms with Gasteiger partial charge in [0, 0.05) is 13.1 Å². The van der Waals surface area contributed by atoms with Crippen molar-refractivity contribution < 1.29 is 25.5 Å². The fraction of sp³-hybridized carbons (Fsp3) is 1.00. The molecule has 0 saturated heterocycles. The molecular weight excluding hydrogens is 226 g/mol. The zero-order valence-electron chi connectivity index (χ0n) is 8.13. The van der Waals surface area contributed by atoms with E-state index in [1.165, 1.54) is 4.90 Å². The Hall–Kier alpha value is -0.240. The summed E-state index contributed by atoms with van der Waals surface area (Å²) in [5.74, 6) is 0. The number of hydrogen-bond donors (Lipinski definition) is 5. The maximum atomic E-state index is 9.08. The molecule has 0 fully saturated rings. The lowest BCUT2D eigenvalue weighted by Gasteiger charge is -2.39. The van der Waals surface area contributed by atoms with E-state index < -0.39 is 25.4 Å². The van der Waals surface area contributed by atoms with E-state index in [0.717, 1.165) is 0 Å². The Balaban J connectivity index is -0.000000282. The molecule has 0 heterocycles. The molecule has 0 aromatic heterocycles. The second kappa shape index (κ2) is 13.8. The van der Waals surface area contributed by atoms with Crippen LogP contribution in [0, 0.1) is 0 Å². The SMILES string of the molecule is C.C.C.OCCN(CCO)C(CO)(CO)CO. The second-order valence-electron chi connectivity index (χ2n) is 3.13. The van der Waals surface area contributed by atoms with Gasteiger partial charge in [0.1, 0.15) is 0 Å². The van der Waals surface area contributed by atoms with Gasteiger partial charge in [0.2, 0.25) is 0 Å². The highest BCUT2D eigenvalue weighted by molar-refractivity contribution is 4.89. The number of β-amino-alcohol motifs (C(OH)–C–C–N with tert-alkyl or cyclic N) is 2. The highest BCUT2D eigenvalue weighted by atomic mass is 16.3. The maximum Gasteiger partial charge on any atom is 0.0908 e. The Morgan fingerprint density at radius 2 is 0.941 bits per heavy atom. The van der Waals surface area contributed by atoms with Crippen LogP contribution < -0.4 is 0 Å². The van der Waals surface area contributed by atoms with E-state index in [4.69, 9.17) is 25.5 Å². The van der Waals surface area contributed by atoms with E-state index in [2.05, 4.69) is 0 Å². The lowest BCUT2D eigenvalue weighted by Crippen LogP contribution is -2.58. The molecule has 0 rings (SSSR count). The van der Waals surface area contributed by atoms with Gasteiger partial charge in [0.25, 0.3) is 0 Å². The normalized spacial score (nSPS) is 10.2. The van der Waals surface area contributed by atoms with E-state index in [0.29, 0.717) is 0 Å². The van der Waals surface area contributed by atoms with Crippen LogP contribution in [0.2, 0.25) is 0 Å². The first-order valence-corrected chi connectivity index (χ1v) is 4.50. The van der Waals surface area contributed by atoms with Crippen molar-refractivity contribution in [3.05, 3.63) is 0 Å². The first-order valence-electron chi connectivity index (χ1n) is 4.50. The minimum atomic E-state index is -1.18. The molecule has 0 saturated carbocycles. The molecule has 0 aromatic carbocycles. The first-order chi connectivity index (χ1) is 6.70. The zero-order chi connectivity index (χ0) is 11.0. The third-order valence-corrected chi connectivity index (χ3v) is 2.29. The molecule has 110 valence electrons. The average Bonchev–Trinajstić information content (AvgIpc) is 2.22. The summed E-state index contributed by atoms with van der Waals surface area (Å²) in [7, 11) is 0. The molecule has 0 aromatic rings. The standard InChI is InChI=1S/C8H19NO5.3CH4/c10-3-1-9(2-4-11)8(5-12,6-13)7-14;;;/h10-14H,1-7H2;3*1H4. The Morgan fingerprint density at radius 1 is 0.647 bits per heavy atom. The summed E-state index contributed by atoms with van der Waals surface area (Å²) in [5.41, 5.74) is -1.18. The molecule has 6 heteroatoms. The Kier molecular flexibility index (Phi) is 20.8. The van der Waals surface area contributed by atoms with Crippen molar-refractivity contribution in [1.29, 1.82) is 0 Å². The van der Waals surface area contributed by atoms with Crippen LogP contribution in [0.4, 0.5) is 0 Å². The zero-order valence-corrected chi connectivity index (χ0v) is 8.13. The van der Waals surface area contributed by atoms with Crippen LogP contribution in [0.25, 0.3) is 0 Å². The predicted octanol–water partition coefficient (Wildman–Crippen LogP) is -1.10. The molecule has 0 spiro atoms. The third kappa shape index (κ3) is 6.92. The molecule has 0 bridgehead atoms. The maximum absolute atomic E-state index is 9.08. The van der Waals surface area contributed by atoms with Crippen LogP contribution >= 0.6 is 0 Å². The van der Waals surface area contributed by atoms with Crippen molar-refractivity contribution in [3.8, 4) is 0 Å². The smallest absolute Gasteiger partial charge is 0.0908 e. The van der Waals surface area contributed by atoms with Gasteiger partial charge in [-0.25, -0.2) is 0 Å². The van der Waals surface area contributed by atoms with Gasteiger partial charge in [-0.15, -0.1) is 0 Å². The van der Waals surface area contributed by atoms with Crippen LogP contribution in [0.15, 0.2) is 0 Å². The monoisotopic (exact) mass is 257 g/mol. The van der Waals surface area contributed by atoms with Crippen LogP contribution in [-0.2, 0) is 0 Å². The molecule has 0 aliphatic heterocycles. The molecule has 0 unspecified atom stereocenters. The van der Waals surface area contributed by atoms with Crippen LogP contribution in [0.3, 0.4) is 0 Å². The van der Waals surface area contributed by atoms with Gasteiger partial charge in [0.15, 0.2) is 0 Å². The van der Waals surface area contributed by atoms with Gasteiger partial charge in [-0.1, -0.05) is 22.3 Å². The molecule has 0 aliphatic carbocycles. The molecule has 0 amide bonds. The highest BCUT2D eigenvalue weighted by Crippen LogP contribution is 2.13. The number of rotatable bonds is 8. The number of aliphatic hydroxyl groups excluding tert-OH is 5. The lowest BCUT2D eigenvalue weighted by atomic mass is 10.0. The quantitative estimate of drug-likeness (QED) is 0.378. The van der Waals surface area contributed by atoms with Gasteiger partial charge in [-0.2, -0.15) is 0 Å². The lowest BCUT2D eigenvalue weighted by molar-refractivity contribution is -0.0578. The van der Waals surface area contributed by atoms with Crippen molar-refractivity contribution in [1.82, 2.24) is 4.90 Å². The largest absolute Gasteiger partial charge is 0.395 e. The predicted molar refractivity (Wildman–Crippen MR) is 69.9 cm³/mol. The fourth-order valence-electron chi connectivity index (χ4n) is 1.28. The van der Waals surface area contributed by atoms with E-state index in [-0.39, 0.29) is 48.6 Å².